The van der Waals surface area contributed by atoms with E-state index in [1.807, 2.05) is 42.5 Å². The fraction of sp³-hybridized carbons (Fsp3) is 0.316. The number of benzene rings is 2. The molecule has 3 N–H and O–H groups in total. The second-order valence-electron chi connectivity index (χ2n) is 5.32. The van der Waals surface area contributed by atoms with Crippen LogP contribution in [0.25, 0.3) is 0 Å². The fourth-order valence-electron chi connectivity index (χ4n) is 2.20. The number of thioether (sulfide) groups is 1. The summed E-state index contributed by atoms with van der Waals surface area (Å²) in [5, 5.41) is 2.88. The topological polar surface area (TPSA) is 82.8 Å². The third-order valence-electron chi connectivity index (χ3n) is 3.48. The molecule has 1 amide bonds. The molecule has 0 heterocycles. The van der Waals surface area contributed by atoms with Crippen molar-refractivity contribution in [1.29, 1.82) is 0 Å². The number of methoxy groups -OCH3 is 2. The highest BCUT2D eigenvalue weighted by Crippen LogP contribution is 2.32. The molecule has 0 saturated carbocycles. The molecule has 27 heavy (non-hydrogen) atoms. The van der Waals surface area contributed by atoms with Crippen LogP contribution in [0.3, 0.4) is 0 Å². The molecule has 0 atom stereocenters. The molecular formula is C19H25ClN2O4S. The van der Waals surface area contributed by atoms with Gasteiger partial charge in [-0.3, -0.25) is 4.79 Å². The number of rotatable bonds is 10. The van der Waals surface area contributed by atoms with Gasteiger partial charge in [0.25, 0.3) is 0 Å². The molecule has 0 aromatic heterocycles. The minimum Gasteiger partial charge on any atom is -0.493 e. The summed E-state index contributed by atoms with van der Waals surface area (Å²) in [5.74, 6) is 2.73. The first-order chi connectivity index (χ1) is 12.7. The molecule has 2 aromatic carbocycles. The van der Waals surface area contributed by atoms with E-state index in [4.69, 9.17) is 19.9 Å². The van der Waals surface area contributed by atoms with Crippen molar-refractivity contribution >= 4 is 35.8 Å². The first-order valence-electron chi connectivity index (χ1n) is 8.24. The predicted molar refractivity (Wildman–Crippen MR) is 112 cm³/mol. The number of amides is 1. The van der Waals surface area contributed by atoms with Crippen LogP contribution in [0.15, 0.2) is 47.4 Å². The molecule has 2 rings (SSSR count). The first kappa shape index (κ1) is 23.0. The lowest BCUT2D eigenvalue weighted by atomic mass is 10.3. The van der Waals surface area contributed by atoms with Gasteiger partial charge in [-0.05, 0) is 42.5 Å². The highest BCUT2D eigenvalue weighted by atomic mass is 35.5. The van der Waals surface area contributed by atoms with Crippen molar-refractivity contribution in [3.05, 3.63) is 42.5 Å². The van der Waals surface area contributed by atoms with Crippen LogP contribution in [0.2, 0.25) is 0 Å². The average Bonchev–Trinajstić information content (AvgIpc) is 2.67. The maximum absolute atomic E-state index is 12.1. The number of nitrogens with one attached hydrogen (secondary N) is 1. The van der Waals surface area contributed by atoms with Crippen LogP contribution >= 0.6 is 24.2 Å². The quantitative estimate of drug-likeness (QED) is 0.580. The molecule has 0 aliphatic heterocycles. The summed E-state index contributed by atoms with van der Waals surface area (Å²) in [4.78, 5) is 13.1. The molecule has 0 radical (unpaired) electrons. The molecule has 0 unspecified atom stereocenters. The molecule has 0 saturated heterocycles. The van der Waals surface area contributed by atoms with Gasteiger partial charge in [-0.15, -0.1) is 24.2 Å². The van der Waals surface area contributed by atoms with Gasteiger partial charge >= 0.3 is 0 Å². The summed E-state index contributed by atoms with van der Waals surface area (Å²) >= 11 is 1.59. The lowest BCUT2D eigenvalue weighted by molar-refractivity contribution is -0.115. The van der Waals surface area contributed by atoms with Crippen LogP contribution in [-0.2, 0) is 4.79 Å². The van der Waals surface area contributed by atoms with Crippen LogP contribution in [0.5, 0.6) is 17.2 Å². The molecule has 0 fully saturated rings. The van der Waals surface area contributed by atoms with E-state index in [0.29, 0.717) is 36.8 Å². The SMILES string of the molecule is COc1ccc(SCCC(=O)Nc2ccc(OCCN)cc2)cc1OC.Cl. The average molecular weight is 413 g/mol. The van der Waals surface area contributed by atoms with E-state index in [1.54, 1.807) is 26.0 Å². The maximum Gasteiger partial charge on any atom is 0.225 e. The Labute approximate surface area is 170 Å². The predicted octanol–water partition coefficient (Wildman–Crippen LogP) is 3.58. The molecular weight excluding hydrogens is 388 g/mol. The summed E-state index contributed by atoms with van der Waals surface area (Å²) < 4.78 is 15.9. The number of hydrogen-bond donors (Lipinski definition) is 2. The Morgan fingerprint density at radius 1 is 1.07 bits per heavy atom. The summed E-state index contributed by atoms with van der Waals surface area (Å²) in [6.07, 6.45) is 0.407. The lowest BCUT2D eigenvalue weighted by Gasteiger charge is -2.10. The largest absolute Gasteiger partial charge is 0.493 e. The van der Waals surface area contributed by atoms with Crippen LogP contribution in [0.4, 0.5) is 5.69 Å². The molecule has 6 nitrogen and oxygen atoms in total. The van der Waals surface area contributed by atoms with Gasteiger partial charge in [-0.25, -0.2) is 0 Å². The Hall–Kier alpha value is -2.09. The van der Waals surface area contributed by atoms with Gasteiger partial charge < -0.3 is 25.3 Å². The van der Waals surface area contributed by atoms with Crippen LogP contribution in [0, 0.1) is 0 Å². The Morgan fingerprint density at radius 3 is 2.41 bits per heavy atom. The Bertz CT molecular complexity index is 713. The van der Waals surface area contributed by atoms with Gasteiger partial charge in [0, 0.05) is 29.3 Å². The maximum atomic E-state index is 12.1. The number of nitrogens with two attached hydrogens (primary N) is 1. The van der Waals surface area contributed by atoms with E-state index in [9.17, 15) is 4.79 Å². The smallest absolute Gasteiger partial charge is 0.225 e. The minimum atomic E-state index is -0.0337. The molecule has 0 aliphatic carbocycles. The zero-order chi connectivity index (χ0) is 18.8. The van der Waals surface area contributed by atoms with Gasteiger partial charge in [-0.2, -0.15) is 0 Å². The number of anilines is 1. The Kier molecular flexibility index (Phi) is 10.5. The van der Waals surface area contributed by atoms with E-state index < -0.39 is 0 Å². The summed E-state index contributed by atoms with van der Waals surface area (Å²) in [5.41, 5.74) is 6.14. The zero-order valence-electron chi connectivity index (χ0n) is 15.4. The lowest BCUT2D eigenvalue weighted by Crippen LogP contribution is -2.12. The molecule has 0 spiro atoms. The highest BCUT2D eigenvalue weighted by molar-refractivity contribution is 7.99. The van der Waals surface area contributed by atoms with Crippen molar-refractivity contribution in [3.8, 4) is 17.2 Å². The van der Waals surface area contributed by atoms with Crippen LogP contribution in [-0.4, -0.2) is 39.0 Å². The van der Waals surface area contributed by atoms with Crippen molar-refractivity contribution in [2.45, 2.75) is 11.3 Å². The third kappa shape index (κ3) is 7.58. The van der Waals surface area contributed by atoms with Gasteiger partial charge in [0.2, 0.25) is 5.91 Å². The molecule has 0 bridgehead atoms. The standard InChI is InChI=1S/C19H24N2O4S.ClH/c1-23-17-8-7-16(13-18(17)24-2)26-12-9-19(22)21-14-3-5-15(6-4-14)25-11-10-20;/h3-8,13H,9-12,20H2,1-2H3,(H,21,22);1H. The van der Waals surface area contributed by atoms with Gasteiger partial charge in [0.05, 0.1) is 14.2 Å². The van der Waals surface area contributed by atoms with Crippen molar-refractivity contribution in [1.82, 2.24) is 0 Å². The van der Waals surface area contributed by atoms with Gasteiger partial charge in [0.15, 0.2) is 11.5 Å². The van der Waals surface area contributed by atoms with E-state index in [1.165, 1.54) is 0 Å². The molecule has 0 aliphatic rings. The second kappa shape index (κ2) is 12.3. The van der Waals surface area contributed by atoms with E-state index in [-0.39, 0.29) is 18.3 Å². The normalized spacial score (nSPS) is 9.89. The second-order valence-corrected chi connectivity index (χ2v) is 6.49. The van der Waals surface area contributed by atoms with Crippen molar-refractivity contribution in [3.63, 3.8) is 0 Å². The van der Waals surface area contributed by atoms with Gasteiger partial charge in [-0.1, -0.05) is 0 Å². The minimum absolute atomic E-state index is 0. The van der Waals surface area contributed by atoms with Gasteiger partial charge in [0.1, 0.15) is 12.4 Å². The van der Waals surface area contributed by atoms with Crippen LogP contribution < -0.4 is 25.3 Å². The van der Waals surface area contributed by atoms with Crippen LogP contribution in [0.1, 0.15) is 6.42 Å². The number of halogens is 1. The Morgan fingerprint density at radius 2 is 1.78 bits per heavy atom. The number of hydrogen-bond acceptors (Lipinski definition) is 6. The molecule has 8 heteroatoms. The van der Waals surface area contributed by atoms with Crippen molar-refractivity contribution < 1.29 is 19.0 Å². The van der Waals surface area contributed by atoms with E-state index in [2.05, 4.69) is 5.32 Å². The molecule has 2 aromatic rings. The summed E-state index contributed by atoms with van der Waals surface area (Å²) in [6, 6.07) is 12.9. The van der Waals surface area contributed by atoms with Crippen molar-refractivity contribution in [2.24, 2.45) is 5.73 Å². The highest BCUT2D eigenvalue weighted by Gasteiger charge is 2.07. The fourth-order valence-corrected chi connectivity index (χ4v) is 3.08. The van der Waals surface area contributed by atoms with Crippen molar-refractivity contribution in [2.75, 3.05) is 38.4 Å². The third-order valence-corrected chi connectivity index (χ3v) is 4.47. The van der Waals surface area contributed by atoms with E-state index >= 15 is 0 Å². The summed E-state index contributed by atoms with van der Waals surface area (Å²) in [7, 11) is 3.21. The number of carbonyl (C=O) groups excluding carboxylic acids is 1. The monoisotopic (exact) mass is 412 g/mol. The number of ether oxygens (including phenoxy) is 3. The zero-order valence-corrected chi connectivity index (χ0v) is 17.0. The van der Waals surface area contributed by atoms with E-state index in [0.717, 1.165) is 16.3 Å². The number of carbonyl (C=O) groups is 1. The molecule has 148 valence electrons. The first-order valence-corrected chi connectivity index (χ1v) is 9.22. The Balaban J connectivity index is 0.00000364. The summed E-state index contributed by atoms with van der Waals surface area (Å²) in [6.45, 7) is 0.940.